The minimum absolute atomic E-state index is 0.113. The molecule has 47 heavy (non-hydrogen) atoms. The van der Waals surface area contributed by atoms with Gasteiger partial charge in [0.1, 0.15) is 18.1 Å². The van der Waals surface area contributed by atoms with Crippen molar-refractivity contribution in [2.75, 3.05) is 50.7 Å². The quantitative estimate of drug-likeness (QED) is 0.216. The van der Waals surface area contributed by atoms with Crippen LogP contribution in [-0.4, -0.2) is 72.2 Å². The Bertz CT molecular complexity index is 1830. The largest absolute Gasteiger partial charge is 0.493 e. The fourth-order valence-electron chi connectivity index (χ4n) is 5.75. The minimum Gasteiger partial charge on any atom is -0.493 e. The molecule has 1 aromatic heterocycles. The molecule has 0 aliphatic carbocycles. The normalized spacial score (nSPS) is 13.6. The number of aryl methyl sites for hydroxylation is 1. The maximum atomic E-state index is 14.4. The summed E-state index contributed by atoms with van der Waals surface area (Å²) < 4.78 is 18.1. The molecule has 11 nitrogen and oxygen atoms in total. The highest BCUT2D eigenvalue weighted by Crippen LogP contribution is 2.34. The van der Waals surface area contributed by atoms with Gasteiger partial charge in [-0.15, -0.1) is 5.10 Å². The SMILES string of the molecule is COc1ccc([C@@H](C(=O)Nc2ccc(N3CCOCC3)cc2)N(Cc2ccc(C)cc2)C(=O)Cn2nnc3ccccc32)cc1OC. The average Bonchev–Trinajstić information content (AvgIpc) is 3.51. The molecule has 2 heterocycles. The average molecular weight is 635 g/mol. The summed E-state index contributed by atoms with van der Waals surface area (Å²) in [6, 6.07) is 27.3. The van der Waals surface area contributed by atoms with Crippen LogP contribution in [0, 0.1) is 6.92 Å². The first-order valence-electron chi connectivity index (χ1n) is 15.5. The van der Waals surface area contributed by atoms with Gasteiger partial charge in [0, 0.05) is 31.0 Å². The third-order valence-electron chi connectivity index (χ3n) is 8.29. The summed E-state index contributed by atoms with van der Waals surface area (Å²) in [6.07, 6.45) is 0. The number of para-hydroxylation sites is 1. The van der Waals surface area contributed by atoms with Gasteiger partial charge in [0.15, 0.2) is 11.5 Å². The molecule has 6 rings (SSSR count). The molecule has 2 amide bonds. The molecule has 5 aromatic rings. The zero-order valence-corrected chi connectivity index (χ0v) is 26.8. The molecule has 11 heteroatoms. The van der Waals surface area contributed by atoms with E-state index < -0.39 is 6.04 Å². The van der Waals surface area contributed by atoms with Gasteiger partial charge in [-0.2, -0.15) is 0 Å². The lowest BCUT2D eigenvalue weighted by Gasteiger charge is -2.32. The first-order valence-corrected chi connectivity index (χ1v) is 15.5. The summed E-state index contributed by atoms with van der Waals surface area (Å²) in [5, 5.41) is 11.5. The van der Waals surface area contributed by atoms with Crippen molar-refractivity contribution in [1.29, 1.82) is 0 Å². The van der Waals surface area contributed by atoms with Gasteiger partial charge in [-0.3, -0.25) is 9.59 Å². The number of anilines is 2. The molecule has 1 fully saturated rings. The summed E-state index contributed by atoms with van der Waals surface area (Å²) in [5.41, 5.74) is 5.61. The first kappa shape index (κ1) is 31.6. The highest BCUT2D eigenvalue weighted by molar-refractivity contribution is 5.98. The van der Waals surface area contributed by atoms with E-state index in [4.69, 9.17) is 14.2 Å². The Balaban J connectivity index is 1.37. The molecular weight excluding hydrogens is 596 g/mol. The molecule has 0 radical (unpaired) electrons. The zero-order chi connectivity index (χ0) is 32.8. The standard InChI is InChI=1S/C36H38N6O5/c1-25-8-10-26(11-9-25)23-41(34(43)24-42-31-7-5-4-6-30(31)38-39-42)35(27-12-17-32(45-2)33(22-27)46-3)36(44)37-28-13-15-29(16-14-28)40-18-20-47-21-19-40/h4-17,22,35H,18-21,23-24H2,1-3H3,(H,37,44)/t35-/m0/s1. The molecule has 0 bridgehead atoms. The molecule has 0 spiro atoms. The van der Waals surface area contributed by atoms with Crippen molar-refractivity contribution in [3.05, 3.63) is 108 Å². The number of benzene rings is 4. The number of methoxy groups -OCH3 is 2. The van der Waals surface area contributed by atoms with Crippen LogP contribution in [0.4, 0.5) is 11.4 Å². The van der Waals surface area contributed by atoms with Crippen molar-refractivity contribution in [3.63, 3.8) is 0 Å². The van der Waals surface area contributed by atoms with Gasteiger partial charge in [-0.05, 0) is 66.6 Å². The predicted molar refractivity (Wildman–Crippen MR) is 180 cm³/mol. The van der Waals surface area contributed by atoms with Crippen molar-refractivity contribution in [2.45, 2.75) is 26.1 Å². The number of nitrogens with zero attached hydrogens (tertiary/aromatic N) is 5. The van der Waals surface area contributed by atoms with Crippen molar-refractivity contribution in [1.82, 2.24) is 19.9 Å². The summed E-state index contributed by atoms with van der Waals surface area (Å²) in [6.45, 7) is 5.05. The minimum atomic E-state index is -1.03. The number of nitrogens with one attached hydrogen (secondary N) is 1. The van der Waals surface area contributed by atoms with Crippen LogP contribution in [0.2, 0.25) is 0 Å². The van der Waals surface area contributed by atoms with Gasteiger partial charge in [0.25, 0.3) is 5.91 Å². The van der Waals surface area contributed by atoms with Gasteiger partial charge in [0.2, 0.25) is 5.91 Å². The Labute approximate surface area is 273 Å². The summed E-state index contributed by atoms with van der Waals surface area (Å²) in [7, 11) is 3.09. The molecule has 4 aromatic carbocycles. The van der Waals surface area contributed by atoms with Gasteiger partial charge < -0.3 is 29.3 Å². The Kier molecular flexibility index (Phi) is 9.63. The van der Waals surface area contributed by atoms with E-state index in [1.165, 1.54) is 7.11 Å². The number of hydrogen-bond donors (Lipinski definition) is 1. The molecular formula is C36H38N6O5. The van der Waals surface area contributed by atoms with E-state index in [1.807, 2.05) is 79.7 Å². The first-order chi connectivity index (χ1) is 22.9. The fourth-order valence-corrected chi connectivity index (χ4v) is 5.75. The Morgan fingerprint density at radius 2 is 1.64 bits per heavy atom. The lowest BCUT2D eigenvalue weighted by molar-refractivity contribution is -0.140. The van der Waals surface area contributed by atoms with Crippen molar-refractivity contribution >= 4 is 34.2 Å². The van der Waals surface area contributed by atoms with E-state index >= 15 is 0 Å². The number of amides is 2. The van der Waals surface area contributed by atoms with Gasteiger partial charge in [-0.25, -0.2) is 4.68 Å². The van der Waals surface area contributed by atoms with E-state index in [1.54, 1.807) is 34.9 Å². The Hall–Kier alpha value is -5.42. The lowest BCUT2D eigenvalue weighted by atomic mass is 10.0. The van der Waals surface area contributed by atoms with Crippen LogP contribution in [0.25, 0.3) is 11.0 Å². The van der Waals surface area contributed by atoms with Crippen molar-refractivity contribution < 1.29 is 23.8 Å². The van der Waals surface area contributed by atoms with Crippen LogP contribution >= 0.6 is 0 Å². The zero-order valence-electron chi connectivity index (χ0n) is 26.8. The Morgan fingerprint density at radius 1 is 0.915 bits per heavy atom. The van der Waals surface area contributed by atoms with E-state index in [0.29, 0.717) is 41.5 Å². The Morgan fingerprint density at radius 3 is 2.36 bits per heavy atom. The number of carbonyl (C=O) groups is 2. The van der Waals surface area contributed by atoms with Gasteiger partial charge in [0.05, 0.1) is 33.0 Å². The maximum absolute atomic E-state index is 14.4. The van der Waals surface area contributed by atoms with E-state index in [2.05, 4.69) is 20.5 Å². The number of carbonyl (C=O) groups excluding carboxylic acids is 2. The fraction of sp³-hybridized carbons (Fsp3) is 0.278. The highest BCUT2D eigenvalue weighted by Gasteiger charge is 2.33. The van der Waals surface area contributed by atoms with Crippen LogP contribution < -0.4 is 19.7 Å². The maximum Gasteiger partial charge on any atom is 0.251 e. The summed E-state index contributed by atoms with van der Waals surface area (Å²) in [5.74, 6) is 0.279. The predicted octanol–water partition coefficient (Wildman–Crippen LogP) is 5.00. The van der Waals surface area contributed by atoms with Crippen LogP contribution in [-0.2, 0) is 27.4 Å². The second-order valence-corrected chi connectivity index (χ2v) is 11.4. The molecule has 1 aliphatic rings. The molecule has 0 unspecified atom stereocenters. The second kappa shape index (κ2) is 14.3. The molecule has 1 aliphatic heterocycles. The smallest absolute Gasteiger partial charge is 0.251 e. The molecule has 1 saturated heterocycles. The van der Waals surface area contributed by atoms with Crippen molar-refractivity contribution in [2.24, 2.45) is 0 Å². The molecule has 242 valence electrons. The molecule has 1 N–H and O–H groups in total. The second-order valence-electron chi connectivity index (χ2n) is 11.4. The number of morpholine rings is 1. The third kappa shape index (κ3) is 7.20. The molecule has 1 atom stereocenters. The van der Waals surface area contributed by atoms with E-state index in [9.17, 15) is 9.59 Å². The number of aromatic nitrogens is 3. The van der Waals surface area contributed by atoms with Gasteiger partial charge in [-0.1, -0.05) is 53.2 Å². The monoisotopic (exact) mass is 634 g/mol. The van der Waals surface area contributed by atoms with E-state index in [0.717, 1.165) is 35.4 Å². The number of hydrogen-bond acceptors (Lipinski definition) is 8. The number of ether oxygens (including phenoxy) is 3. The highest BCUT2D eigenvalue weighted by atomic mass is 16.5. The van der Waals surface area contributed by atoms with Crippen LogP contribution in [0.5, 0.6) is 11.5 Å². The summed E-state index contributed by atoms with van der Waals surface area (Å²) >= 11 is 0. The van der Waals surface area contributed by atoms with Crippen LogP contribution in [0.3, 0.4) is 0 Å². The third-order valence-corrected chi connectivity index (χ3v) is 8.29. The van der Waals surface area contributed by atoms with Crippen LogP contribution in [0.15, 0.2) is 91.0 Å². The number of fused-ring (bicyclic) bond motifs is 1. The van der Waals surface area contributed by atoms with E-state index in [-0.39, 0.29) is 24.9 Å². The lowest BCUT2D eigenvalue weighted by Crippen LogP contribution is -2.42. The summed E-state index contributed by atoms with van der Waals surface area (Å²) in [4.78, 5) is 32.6. The molecule has 0 saturated carbocycles. The van der Waals surface area contributed by atoms with Crippen molar-refractivity contribution in [3.8, 4) is 11.5 Å². The van der Waals surface area contributed by atoms with Gasteiger partial charge >= 0.3 is 0 Å². The number of rotatable bonds is 11. The van der Waals surface area contributed by atoms with Crippen LogP contribution in [0.1, 0.15) is 22.7 Å². The topological polar surface area (TPSA) is 111 Å².